The molecule has 3 aromatic heterocycles. The van der Waals surface area contributed by atoms with E-state index in [1.807, 2.05) is 0 Å². The average molecular weight is 497 g/mol. The number of nitrogens with zero attached hydrogens (tertiary/aromatic N) is 4. The summed E-state index contributed by atoms with van der Waals surface area (Å²) in [5.41, 5.74) is -0.259. The van der Waals surface area contributed by atoms with Gasteiger partial charge in [-0.25, -0.2) is 15.0 Å². The molecular formula is C18H23F3N4O5S2. The number of ether oxygens (including phenoxy) is 1. The van der Waals surface area contributed by atoms with Gasteiger partial charge in [0.05, 0.1) is 51.5 Å². The first kappa shape index (κ1) is 27.6. The van der Waals surface area contributed by atoms with Gasteiger partial charge in [-0.05, 0) is 6.07 Å². The van der Waals surface area contributed by atoms with Crippen molar-refractivity contribution in [1.29, 1.82) is 0 Å². The zero-order valence-electron chi connectivity index (χ0n) is 17.4. The third-order valence-corrected chi connectivity index (χ3v) is 6.31. The van der Waals surface area contributed by atoms with Gasteiger partial charge in [-0.1, -0.05) is 6.92 Å². The van der Waals surface area contributed by atoms with Crippen LogP contribution in [-0.2, 0) is 34.8 Å². The van der Waals surface area contributed by atoms with Crippen molar-refractivity contribution in [3.05, 3.63) is 30.2 Å². The molecule has 0 saturated carbocycles. The van der Waals surface area contributed by atoms with Crippen LogP contribution in [0.4, 0.5) is 13.2 Å². The van der Waals surface area contributed by atoms with E-state index in [2.05, 4.69) is 15.0 Å². The number of pyridine rings is 2. The molecule has 0 spiro atoms. The maximum Gasteiger partial charge on any atom is 0.433 e. The van der Waals surface area contributed by atoms with Gasteiger partial charge in [0.25, 0.3) is 0 Å². The third-order valence-electron chi connectivity index (χ3n) is 4.24. The zero-order chi connectivity index (χ0) is 22.1. The van der Waals surface area contributed by atoms with Gasteiger partial charge in [-0.15, -0.1) is 0 Å². The van der Waals surface area contributed by atoms with Gasteiger partial charge in [-0.3, -0.25) is 8.42 Å². The molecule has 2 unspecified atom stereocenters. The molecule has 3 heterocycles. The number of fused-ring (bicyclic) bond motifs is 1. The lowest BCUT2D eigenvalue weighted by atomic mass is 10.3. The molecule has 4 N–H and O–H groups in total. The van der Waals surface area contributed by atoms with E-state index in [0.29, 0.717) is 27.7 Å². The lowest BCUT2D eigenvalue weighted by molar-refractivity contribution is -0.141. The maximum atomic E-state index is 13.0. The Bertz CT molecular complexity index is 1140. The molecule has 2 atom stereocenters. The molecule has 0 aliphatic carbocycles. The lowest BCUT2D eigenvalue weighted by Crippen LogP contribution is -2.09. The molecule has 0 fully saturated rings. The fraction of sp³-hybridized carbons (Fsp3) is 0.389. The minimum Gasteiger partial charge on any atom is -0.491 e. The van der Waals surface area contributed by atoms with Gasteiger partial charge < -0.3 is 20.3 Å². The van der Waals surface area contributed by atoms with Crippen LogP contribution in [0.1, 0.15) is 12.6 Å². The van der Waals surface area contributed by atoms with Crippen LogP contribution in [0.15, 0.2) is 29.4 Å². The second-order valence-corrected chi connectivity index (χ2v) is 9.59. The molecule has 14 heteroatoms. The first-order valence-electron chi connectivity index (χ1n) is 8.83. The molecule has 178 valence electrons. The highest BCUT2D eigenvalue weighted by atomic mass is 32.2. The zero-order valence-corrected chi connectivity index (χ0v) is 19.0. The van der Waals surface area contributed by atoms with Crippen LogP contribution in [-0.4, -0.2) is 63.3 Å². The molecule has 0 aromatic carbocycles. The van der Waals surface area contributed by atoms with Gasteiger partial charge in [0.2, 0.25) is 0 Å². The summed E-state index contributed by atoms with van der Waals surface area (Å²) < 4.78 is 69.8. The van der Waals surface area contributed by atoms with Gasteiger partial charge >= 0.3 is 6.18 Å². The van der Waals surface area contributed by atoms with Crippen molar-refractivity contribution in [3.8, 4) is 17.3 Å². The Morgan fingerprint density at radius 2 is 1.81 bits per heavy atom. The van der Waals surface area contributed by atoms with Gasteiger partial charge in [0.15, 0.2) is 5.82 Å². The van der Waals surface area contributed by atoms with Crippen LogP contribution >= 0.6 is 0 Å². The van der Waals surface area contributed by atoms with E-state index < -0.39 is 33.5 Å². The molecule has 0 amide bonds. The van der Waals surface area contributed by atoms with Gasteiger partial charge in [-0.2, -0.15) is 13.2 Å². The van der Waals surface area contributed by atoms with Crippen LogP contribution < -0.4 is 4.74 Å². The van der Waals surface area contributed by atoms with Gasteiger partial charge in [0, 0.05) is 35.9 Å². The summed E-state index contributed by atoms with van der Waals surface area (Å²) in [5, 5.41) is 0. The summed E-state index contributed by atoms with van der Waals surface area (Å²) in [6.07, 6.45) is -0.496. The second-order valence-electron chi connectivity index (χ2n) is 6.33. The van der Waals surface area contributed by atoms with E-state index in [1.165, 1.54) is 6.20 Å². The first-order valence-corrected chi connectivity index (χ1v) is 11.9. The summed E-state index contributed by atoms with van der Waals surface area (Å²) in [6, 6.07) is 2.44. The number of imidazole rings is 1. The normalized spacial score (nSPS) is 13.2. The highest BCUT2D eigenvalue weighted by Crippen LogP contribution is 2.32. The van der Waals surface area contributed by atoms with Crippen molar-refractivity contribution in [2.24, 2.45) is 7.05 Å². The molecule has 9 nitrogen and oxygen atoms in total. The number of hydrogen-bond donors (Lipinski definition) is 0. The molecule has 0 aliphatic rings. The fourth-order valence-electron chi connectivity index (χ4n) is 2.73. The summed E-state index contributed by atoms with van der Waals surface area (Å²) in [4.78, 5) is 12.4. The van der Waals surface area contributed by atoms with Crippen LogP contribution in [0.3, 0.4) is 0 Å². The van der Waals surface area contributed by atoms with E-state index in [-0.39, 0.29) is 34.6 Å². The lowest BCUT2D eigenvalue weighted by Gasteiger charge is -2.11. The predicted octanol–water partition coefficient (Wildman–Crippen LogP) is 1.28. The van der Waals surface area contributed by atoms with Crippen LogP contribution in [0.5, 0.6) is 5.75 Å². The summed E-state index contributed by atoms with van der Waals surface area (Å²) in [5.74, 6) is 1.28. The number of rotatable bonds is 7. The highest BCUT2D eigenvalue weighted by Gasteiger charge is 2.33. The predicted molar refractivity (Wildman–Crippen MR) is 115 cm³/mol. The molecule has 0 bridgehead atoms. The topological polar surface area (TPSA) is 150 Å². The molecule has 0 radical (unpaired) electrons. The SMILES string of the molecule is CCS(=O)c1cc(OCCS(C)=O)cnc1-c1nc2cc(C(F)(F)F)ncc2n1C.O.O. The molecule has 0 aliphatic heterocycles. The Labute approximate surface area is 186 Å². The molecule has 0 saturated heterocycles. The Balaban J connectivity index is 0.00000256. The van der Waals surface area contributed by atoms with Gasteiger partial charge in [0.1, 0.15) is 17.1 Å². The number of hydrogen-bond acceptors (Lipinski definition) is 6. The van der Waals surface area contributed by atoms with Crippen molar-refractivity contribution >= 4 is 32.6 Å². The van der Waals surface area contributed by atoms with E-state index in [1.54, 1.807) is 30.9 Å². The fourth-order valence-corrected chi connectivity index (χ4v) is 3.97. The minimum absolute atomic E-state index is 0. The van der Waals surface area contributed by atoms with Crippen molar-refractivity contribution in [2.45, 2.75) is 18.0 Å². The van der Waals surface area contributed by atoms with Crippen molar-refractivity contribution in [3.63, 3.8) is 0 Å². The Kier molecular flexibility index (Phi) is 9.44. The number of aromatic nitrogens is 4. The van der Waals surface area contributed by atoms with E-state index >= 15 is 0 Å². The number of halogens is 3. The van der Waals surface area contributed by atoms with E-state index in [4.69, 9.17) is 4.74 Å². The smallest absolute Gasteiger partial charge is 0.433 e. The van der Waals surface area contributed by atoms with E-state index in [9.17, 15) is 21.6 Å². The summed E-state index contributed by atoms with van der Waals surface area (Å²) in [6.45, 7) is 1.95. The first-order chi connectivity index (χ1) is 14.1. The second kappa shape index (κ2) is 10.9. The van der Waals surface area contributed by atoms with Crippen molar-refractivity contribution < 1.29 is 37.3 Å². The van der Waals surface area contributed by atoms with Crippen LogP contribution in [0.2, 0.25) is 0 Å². The highest BCUT2D eigenvalue weighted by molar-refractivity contribution is 7.85. The Morgan fingerprint density at radius 3 is 2.41 bits per heavy atom. The van der Waals surface area contributed by atoms with Crippen LogP contribution in [0, 0.1) is 0 Å². The largest absolute Gasteiger partial charge is 0.491 e. The average Bonchev–Trinajstić information content (AvgIpc) is 3.02. The molecule has 3 rings (SSSR count). The number of alkyl halides is 3. The third kappa shape index (κ3) is 5.88. The Hall–Kier alpha value is -2.42. The Morgan fingerprint density at radius 1 is 1.12 bits per heavy atom. The van der Waals surface area contributed by atoms with Crippen LogP contribution in [0.25, 0.3) is 22.6 Å². The quantitative estimate of drug-likeness (QED) is 0.481. The molecule has 3 aromatic rings. The number of aryl methyl sites for hydroxylation is 1. The molecule has 32 heavy (non-hydrogen) atoms. The minimum atomic E-state index is -4.58. The standard InChI is InChI=1S/C18H19F3N4O3S2.2H2O/c1-4-30(27)14-7-11(28-5-6-29(3)26)9-23-16(14)17-24-12-8-15(18(19,20)21)22-10-13(12)25(17)2;;/h7-10H,4-6H2,1-3H3;2*1H2. The van der Waals surface area contributed by atoms with Crippen molar-refractivity contribution in [2.75, 3.05) is 24.4 Å². The summed E-state index contributed by atoms with van der Waals surface area (Å²) in [7, 11) is -0.815. The maximum absolute atomic E-state index is 13.0. The molecular weight excluding hydrogens is 473 g/mol. The summed E-state index contributed by atoms with van der Waals surface area (Å²) >= 11 is 0. The van der Waals surface area contributed by atoms with Crippen molar-refractivity contribution in [1.82, 2.24) is 19.5 Å². The van der Waals surface area contributed by atoms with E-state index in [0.717, 1.165) is 12.3 Å². The monoisotopic (exact) mass is 496 g/mol.